The first-order valence-electron chi connectivity index (χ1n) is 10.1. The molecule has 0 spiro atoms. The summed E-state index contributed by atoms with van der Waals surface area (Å²) in [6.07, 6.45) is 12.3. The second kappa shape index (κ2) is 12.8. The molecule has 0 bridgehead atoms. The largest absolute Gasteiger partial charge is 0.289 e. The fourth-order valence-electron chi connectivity index (χ4n) is 3.06. The van der Waals surface area contributed by atoms with Gasteiger partial charge in [-0.3, -0.25) is 4.79 Å². The zero-order chi connectivity index (χ0) is 18.5. The lowest BCUT2D eigenvalue weighted by Gasteiger charge is -2.05. The van der Waals surface area contributed by atoms with Gasteiger partial charge in [-0.15, -0.1) is 11.8 Å². The summed E-state index contributed by atoms with van der Waals surface area (Å²) in [7, 11) is 0. The number of unbranched alkanes of at least 4 members (excludes halogenated alkanes) is 8. The Bertz CT molecular complexity index is 618. The molecule has 0 amide bonds. The minimum absolute atomic E-state index is 0.0982. The molecule has 140 valence electrons. The van der Waals surface area contributed by atoms with Crippen molar-refractivity contribution in [2.24, 2.45) is 0 Å². The van der Waals surface area contributed by atoms with Crippen molar-refractivity contribution in [1.29, 1.82) is 0 Å². The molecule has 0 radical (unpaired) electrons. The van der Waals surface area contributed by atoms with Gasteiger partial charge in [0.25, 0.3) is 0 Å². The van der Waals surface area contributed by atoms with Gasteiger partial charge in [0, 0.05) is 16.0 Å². The van der Waals surface area contributed by atoms with Gasteiger partial charge in [0.05, 0.1) is 0 Å². The van der Waals surface area contributed by atoms with E-state index in [1.807, 2.05) is 54.2 Å². The summed E-state index contributed by atoms with van der Waals surface area (Å²) in [6.45, 7) is 2.27. The van der Waals surface area contributed by atoms with Crippen LogP contribution in [-0.4, -0.2) is 11.5 Å². The average Bonchev–Trinajstić information content (AvgIpc) is 2.70. The number of rotatable bonds is 13. The maximum absolute atomic E-state index is 12.4. The van der Waals surface area contributed by atoms with Crippen LogP contribution in [0.25, 0.3) is 0 Å². The molecular formula is C24H32OS. The zero-order valence-corrected chi connectivity index (χ0v) is 16.9. The number of hydrogen-bond donors (Lipinski definition) is 0. The third-order valence-electron chi connectivity index (χ3n) is 4.67. The van der Waals surface area contributed by atoms with E-state index in [4.69, 9.17) is 0 Å². The Morgan fingerprint density at radius 3 is 1.85 bits per heavy atom. The van der Waals surface area contributed by atoms with Crippen molar-refractivity contribution < 1.29 is 4.79 Å². The van der Waals surface area contributed by atoms with Crippen molar-refractivity contribution in [3.05, 3.63) is 65.7 Å². The van der Waals surface area contributed by atoms with Crippen LogP contribution >= 0.6 is 11.8 Å². The molecule has 0 unspecified atom stereocenters. The van der Waals surface area contributed by atoms with Crippen molar-refractivity contribution in [3.63, 3.8) is 0 Å². The van der Waals surface area contributed by atoms with Crippen LogP contribution in [0.4, 0.5) is 0 Å². The summed E-state index contributed by atoms with van der Waals surface area (Å²) in [6, 6.07) is 17.5. The number of ketones is 1. The quantitative estimate of drug-likeness (QED) is 0.206. The molecule has 0 aromatic heterocycles. The minimum Gasteiger partial charge on any atom is -0.289 e. The van der Waals surface area contributed by atoms with E-state index in [0.29, 0.717) is 0 Å². The molecule has 0 aliphatic rings. The normalized spacial score (nSPS) is 10.8. The smallest absolute Gasteiger partial charge is 0.193 e. The highest BCUT2D eigenvalue weighted by Gasteiger charge is 2.08. The molecule has 1 nitrogen and oxygen atoms in total. The molecular weight excluding hydrogens is 336 g/mol. The Hall–Kier alpha value is -1.54. The summed E-state index contributed by atoms with van der Waals surface area (Å²) in [4.78, 5) is 13.7. The van der Waals surface area contributed by atoms with Gasteiger partial charge in [-0.2, -0.15) is 0 Å². The van der Waals surface area contributed by atoms with Crippen LogP contribution < -0.4 is 0 Å². The summed E-state index contributed by atoms with van der Waals surface area (Å²) >= 11 is 1.90. The molecule has 0 saturated heterocycles. The fraction of sp³-hybridized carbons (Fsp3) is 0.458. The number of benzene rings is 2. The number of carbonyl (C=O) groups is 1. The van der Waals surface area contributed by atoms with Crippen LogP contribution in [0.1, 0.15) is 80.6 Å². The van der Waals surface area contributed by atoms with Crippen LogP contribution in [0.15, 0.2) is 59.5 Å². The van der Waals surface area contributed by atoms with E-state index >= 15 is 0 Å². The van der Waals surface area contributed by atoms with Crippen LogP contribution in [-0.2, 0) is 0 Å². The molecule has 0 heterocycles. The number of thioether (sulfide) groups is 1. The molecule has 2 rings (SSSR count). The highest BCUT2D eigenvalue weighted by Crippen LogP contribution is 2.21. The molecule has 0 aliphatic carbocycles. The molecule has 0 atom stereocenters. The topological polar surface area (TPSA) is 17.1 Å². The lowest BCUT2D eigenvalue weighted by molar-refractivity contribution is 0.103. The first-order valence-corrected chi connectivity index (χ1v) is 11.1. The van der Waals surface area contributed by atoms with Crippen molar-refractivity contribution in [2.75, 3.05) is 5.75 Å². The summed E-state index contributed by atoms with van der Waals surface area (Å²) in [5.74, 6) is 1.27. The van der Waals surface area contributed by atoms with Gasteiger partial charge in [0.2, 0.25) is 0 Å². The molecule has 26 heavy (non-hydrogen) atoms. The summed E-state index contributed by atoms with van der Waals surface area (Å²) in [5, 5.41) is 0. The Morgan fingerprint density at radius 1 is 0.692 bits per heavy atom. The van der Waals surface area contributed by atoms with E-state index in [1.165, 1.54) is 68.4 Å². The van der Waals surface area contributed by atoms with Gasteiger partial charge >= 0.3 is 0 Å². The van der Waals surface area contributed by atoms with E-state index in [2.05, 4.69) is 19.1 Å². The number of hydrogen-bond acceptors (Lipinski definition) is 2. The van der Waals surface area contributed by atoms with Crippen LogP contribution in [0.3, 0.4) is 0 Å². The first-order chi connectivity index (χ1) is 12.8. The van der Waals surface area contributed by atoms with Crippen LogP contribution in [0.2, 0.25) is 0 Å². The molecule has 2 heteroatoms. The minimum atomic E-state index is 0.0982. The van der Waals surface area contributed by atoms with Gasteiger partial charge < -0.3 is 0 Å². The SMILES string of the molecule is CCCCCCCCCCCSc1ccc(C(=O)c2ccccc2)cc1. The maximum atomic E-state index is 12.4. The standard InChI is InChI=1S/C24H32OS/c1-2-3-4-5-6-7-8-9-13-20-26-23-18-16-22(17-19-23)24(25)21-14-11-10-12-15-21/h10-12,14-19H,2-9,13,20H2,1H3. The maximum Gasteiger partial charge on any atom is 0.193 e. The Labute approximate surface area is 163 Å². The summed E-state index contributed by atoms with van der Waals surface area (Å²) < 4.78 is 0. The van der Waals surface area contributed by atoms with Crippen molar-refractivity contribution in [2.45, 2.75) is 69.6 Å². The number of carbonyl (C=O) groups excluding carboxylic acids is 1. The average molecular weight is 369 g/mol. The third kappa shape index (κ3) is 7.78. The highest BCUT2D eigenvalue weighted by atomic mass is 32.2. The van der Waals surface area contributed by atoms with Gasteiger partial charge in [-0.1, -0.05) is 88.6 Å². The molecule has 2 aromatic carbocycles. The Kier molecular flexibility index (Phi) is 10.2. The van der Waals surface area contributed by atoms with Crippen LogP contribution in [0.5, 0.6) is 0 Å². The molecule has 0 fully saturated rings. The van der Waals surface area contributed by atoms with Gasteiger partial charge in [0.15, 0.2) is 5.78 Å². The monoisotopic (exact) mass is 368 g/mol. The first kappa shape index (κ1) is 20.8. The van der Waals surface area contributed by atoms with E-state index in [9.17, 15) is 4.79 Å². The van der Waals surface area contributed by atoms with Crippen molar-refractivity contribution in [1.82, 2.24) is 0 Å². The second-order valence-electron chi connectivity index (χ2n) is 6.90. The van der Waals surface area contributed by atoms with E-state index in [1.54, 1.807) is 0 Å². The predicted molar refractivity (Wildman–Crippen MR) is 114 cm³/mol. The fourth-order valence-corrected chi connectivity index (χ4v) is 3.97. The lowest BCUT2D eigenvalue weighted by atomic mass is 10.0. The lowest BCUT2D eigenvalue weighted by Crippen LogP contribution is -2.00. The Morgan fingerprint density at radius 2 is 1.23 bits per heavy atom. The van der Waals surface area contributed by atoms with E-state index < -0.39 is 0 Å². The molecule has 0 aliphatic heterocycles. The highest BCUT2D eigenvalue weighted by molar-refractivity contribution is 7.99. The Balaban J connectivity index is 1.60. The third-order valence-corrected chi connectivity index (χ3v) is 5.77. The van der Waals surface area contributed by atoms with Gasteiger partial charge in [0.1, 0.15) is 0 Å². The van der Waals surface area contributed by atoms with Crippen molar-refractivity contribution >= 4 is 17.5 Å². The van der Waals surface area contributed by atoms with Gasteiger partial charge in [-0.25, -0.2) is 0 Å². The van der Waals surface area contributed by atoms with E-state index in [0.717, 1.165) is 11.1 Å². The van der Waals surface area contributed by atoms with E-state index in [-0.39, 0.29) is 5.78 Å². The van der Waals surface area contributed by atoms with Crippen molar-refractivity contribution in [3.8, 4) is 0 Å². The van der Waals surface area contributed by atoms with Gasteiger partial charge in [-0.05, 0) is 36.4 Å². The van der Waals surface area contributed by atoms with Crippen LogP contribution in [0, 0.1) is 0 Å². The zero-order valence-electron chi connectivity index (χ0n) is 16.1. The molecule has 0 N–H and O–H groups in total. The summed E-state index contributed by atoms with van der Waals surface area (Å²) in [5.41, 5.74) is 1.52. The molecule has 0 saturated carbocycles. The predicted octanol–water partition coefficient (Wildman–Crippen LogP) is 7.54. The second-order valence-corrected chi connectivity index (χ2v) is 8.06. The molecule has 2 aromatic rings.